The van der Waals surface area contributed by atoms with Crippen molar-refractivity contribution in [2.45, 2.75) is 17.7 Å². The normalized spacial score (nSPS) is 16.1. The van der Waals surface area contributed by atoms with E-state index >= 15 is 0 Å². The van der Waals surface area contributed by atoms with Crippen molar-refractivity contribution in [1.82, 2.24) is 9.78 Å². The van der Waals surface area contributed by atoms with Gasteiger partial charge in [0.15, 0.2) is 0 Å². The predicted molar refractivity (Wildman–Crippen MR) is 51.7 cm³/mol. The van der Waals surface area contributed by atoms with E-state index in [0.29, 0.717) is 17.5 Å². The first-order chi connectivity index (χ1) is 6.25. The van der Waals surface area contributed by atoms with Crippen molar-refractivity contribution < 1.29 is 4.79 Å². The minimum absolute atomic E-state index is 0.379. The highest BCUT2D eigenvalue weighted by Gasteiger charge is 2.28. The molecule has 0 aromatic carbocycles. The summed E-state index contributed by atoms with van der Waals surface area (Å²) in [6, 6.07) is 0. The smallest absolute Gasteiger partial charge is 0.146 e. The molecule has 70 valence electrons. The second-order valence-corrected chi connectivity index (χ2v) is 4.43. The zero-order chi connectivity index (χ0) is 9.26. The van der Waals surface area contributed by atoms with E-state index in [2.05, 4.69) is 5.10 Å². The maximum atomic E-state index is 11.3. The summed E-state index contributed by atoms with van der Waals surface area (Å²) in [5, 5.41) is 4.04. The number of Topliss-reactive ketones (excluding diaryl/α,β-unsaturated/α-hetero) is 1. The maximum Gasteiger partial charge on any atom is 0.146 e. The Bertz CT molecular complexity index is 317. The Morgan fingerprint density at radius 2 is 2.54 bits per heavy atom. The standard InChI is InChI=1S/C9H12N2OS/c1-11-5-8(4-10-11)13-6-9(12)7-2-3-7/h4-5,7H,2-3,6H2,1H3. The van der Waals surface area contributed by atoms with Gasteiger partial charge < -0.3 is 0 Å². The summed E-state index contributed by atoms with van der Waals surface area (Å²) < 4.78 is 1.75. The summed E-state index contributed by atoms with van der Waals surface area (Å²) in [6.45, 7) is 0. The molecular formula is C9H12N2OS. The van der Waals surface area contributed by atoms with Gasteiger partial charge >= 0.3 is 0 Å². The van der Waals surface area contributed by atoms with E-state index in [-0.39, 0.29) is 0 Å². The van der Waals surface area contributed by atoms with Crippen LogP contribution < -0.4 is 0 Å². The third-order valence-corrected chi connectivity index (χ3v) is 3.07. The van der Waals surface area contributed by atoms with Crippen LogP contribution in [0.5, 0.6) is 0 Å². The first-order valence-corrected chi connectivity index (χ1v) is 5.38. The molecule has 0 radical (unpaired) electrons. The third kappa shape index (κ3) is 2.34. The Balaban J connectivity index is 1.81. The van der Waals surface area contributed by atoms with Gasteiger partial charge in [0, 0.05) is 24.1 Å². The average molecular weight is 196 g/mol. The second kappa shape index (κ2) is 3.54. The SMILES string of the molecule is Cn1cc(SCC(=O)C2CC2)cn1. The fraction of sp³-hybridized carbons (Fsp3) is 0.556. The van der Waals surface area contributed by atoms with E-state index in [1.165, 1.54) is 0 Å². The number of carbonyl (C=O) groups is 1. The van der Waals surface area contributed by atoms with Gasteiger partial charge in [-0.1, -0.05) is 0 Å². The Hall–Kier alpha value is -0.770. The van der Waals surface area contributed by atoms with Crippen LogP contribution in [-0.2, 0) is 11.8 Å². The van der Waals surface area contributed by atoms with Gasteiger partial charge in [-0.3, -0.25) is 9.48 Å². The molecule has 0 saturated heterocycles. The largest absolute Gasteiger partial charge is 0.298 e. The number of aromatic nitrogens is 2. The number of rotatable bonds is 4. The molecule has 0 unspecified atom stereocenters. The first kappa shape index (κ1) is 8.81. The number of ketones is 1. The number of carbonyl (C=O) groups excluding carboxylic acids is 1. The lowest BCUT2D eigenvalue weighted by Gasteiger charge is -1.95. The topological polar surface area (TPSA) is 34.9 Å². The van der Waals surface area contributed by atoms with Crippen LogP contribution in [0, 0.1) is 5.92 Å². The third-order valence-electron chi connectivity index (χ3n) is 2.09. The summed E-state index contributed by atoms with van der Waals surface area (Å²) in [5.74, 6) is 1.38. The molecule has 1 aliphatic rings. The monoisotopic (exact) mass is 196 g/mol. The van der Waals surface area contributed by atoms with E-state index in [1.807, 2.05) is 13.2 Å². The van der Waals surface area contributed by atoms with Crippen molar-refractivity contribution in [3.63, 3.8) is 0 Å². The zero-order valence-electron chi connectivity index (χ0n) is 7.56. The van der Waals surface area contributed by atoms with Gasteiger partial charge in [0.25, 0.3) is 0 Å². The van der Waals surface area contributed by atoms with Crippen molar-refractivity contribution in [3.05, 3.63) is 12.4 Å². The van der Waals surface area contributed by atoms with E-state index < -0.39 is 0 Å². The summed E-state index contributed by atoms with van der Waals surface area (Å²) in [7, 11) is 1.88. The maximum absolute atomic E-state index is 11.3. The van der Waals surface area contributed by atoms with Gasteiger partial charge in [-0.15, -0.1) is 11.8 Å². The molecule has 1 fully saturated rings. The molecule has 0 atom stereocenters. The highest BCUT2D eigenvalue weighted by molar-refractivity contribution is 8.00. The Labute approximate surface area is 81.5 Å². The minimum Gasteiger partial charge on any atom is -0.298 e. The van der Waals surface area contributed by atoms with Crippen LogP contribution in [-0.4, -0.2) is 21.3 Å². The van der Waals surface area contributed by atoms with Crippen LogP contribution in [0.3, 0.4) is 0 Å². The summed E-state index contributed by atoms with van der Waals surface area (Å²) >= 11 is 1.58. The Kier molecular flexibility index (Phi) is 2.40. The lowest BCUT2D eigenvalue weighted by Crippen LogP contribution is -2.02. The summed E-state index contributed by atoms with van der Waals surface area (Å²) in [5.41, 5.74) is 0. The molecule has 0 N–H and O–H groups in total. The molecule has 0 bridgehead atoms. The molecular weight excluding hydrogens is 184 g/mol. The van der Waals surface area contributed by atoms with Crippen LogP contribution in [0.15, 0.2) is 17.3 Å². The molecule has 0 amide bonds. The van der Waals surface area contributed by atoms with Crippen molar-refractivity contribution >= 4 is 17.5 Å². The summed E-state index contributed by atoms with van der Waals surface area (Å²) in [4.78, 5) is 12.4. The fourth-order valence-corrected chi connectivity index (χ4v) is 2.04. The van der Waals surface area contributed by atoms with Crippen molar-refractivity contribution in [2.75, 3.05) is 5.75 Å². The zero-order valence-corrected chi connectivity index (χ0v) is 8.38. The van der Waals surface area contributed by atoms with Crippen LogP contribution >= 0.6 is 11.8 Å². The van der Waals surface area contributed by atoms with Gasteiger partial charge in [-0.2, -0.15) is 5.10 Å². The molecule has 1 heterocycles. The van der Waals surface area contributed by atoms with Crippen molar-refractivity contribution in [3.8, 4) is 0 Å². The second-order valence-electron chi connectivity index (χ2n) is 3.38. The predicted octanol–water partition coefficient (Wildman–Crippen LogP) is 1.49. The van der Waals surface area contributed by atoms with Crippen LogP contribution in [0.25, 0.3) is 0 Å². The van der Waals surface area contributed by atoms with E-state index in [4.69, 9.17) is 0 Å². The van der Waals surface area contributed by atoms with Gasteiger partial charge in [0.05, 0.1) is 11.9 Å². The number of hydrogen-bond acceptors (Lipinski definition) is 3. The number of thioether (sulfide) groups is 1. The average Bonchev–Trinajstić information content (AvgIpc) is 2.87. The Morgan fingerprint density at radius 3 is 3.08 bits per heavy atom. The fourth-order valence-electron chi connectivity index (χ4n) is 1.15. The van der Waals surface area contributed by atoms with E-state index in [9.17, 15) is 4.79 Å². The van der Waals surface area contributed by atoms with Crippen LogP contribution in [0.4, 0.5) is 0 Å². The number of nitrogens with zero attached hydrogens (tertiary/aromatic N) is 2. The van der Waals surface area contributed by atoms with E-state index in [1.54, 1.807) is 22.6 Å². The highest BCUT2D eigenvalue weighted by Crippen LogP contribution is 2.31. The highest BCUT2D eigenvalue weighted by atomic mass is 32.2. The minimum atomic E-state index is 0.379. The van der Waals surface area contributed by atoms with Crippen molar-refractivity contribution in [2.24, 2.45) is 13.0 Å². The van der Waals surface area contributed by atoms with Crippen LogP contribution in [0.2, 0.25) is 0 Å². The lowest BCUT2D eigenvalue weighted by atomic mass is 10.3. The summed E-state index contributed by atoms with van der Waals surface area (Å²) in [6.07, 6.45) is 5.94. The Morgan fingerprint density at radius 1 is 1.77 bits per heavy atom. The molecule has 0 aliphatic heterocycles. The molecule has 1 aromatic heterocycles. The first-order valence-electron chi connectivity index (χ1n) is 4.40. The molecule has 1 aliphatic carbocycles. The molecule has 2 rings (SSSR count). The number of hydrogen-bond donors (Lipinski definition) is 0. The quantitative estimate of drug-likeness (QED) is 0.684. The van der Waals surface area contributed by atoms with Gasteiger partial charge in [0.2, 0.25) is 0 Å². The van der Waals surface area contributed by atoms with Gasteiger partial charge in [-0.05, 0) is 12.8 Å². The van der Waals surface area contributed by atoms with Gasteiger partial charge in [0.1, 0.15) is 5.78 Å². The van der Waals surface area contributed by atoms with Crippen molar-refractivity contribution in [1.29, 1.82) is 0 Å². The van der Waals surface area contributed by atoms with Gasteiger partial charge in [-0.25, -0.2) is 0 Å². The molecule has 4 heteroatoms. The molecule has 1 saturated carbocycles. The van der Waals surface area contributed by atoms with Crippen LogP contribution in [0.1, 0.15) is 12.8 Å². The lowest BCUT2D eigenvalue weighted by molar-refractivity contribution is -0.117. The molecule has 1 aromatic rings. The molecule has 13 heavy (non-hydrogen) atoms. The molecule has 3 nitrogen and oxygen atoms in total. The molecule has 0 spiro atoms. The van der Waals surface area contributed by atoms with E-state index in [0.717, 1.165) is 17.7 Å². The number of aryl methyl sites for hydroxylation is 1.